The van der Waals surface area contributed by atoms with Crippen molar-refractivity contribution in [3.63, 3.8) is 0 Å². The first-order valence-electron chi connectivity index (χ1n) is 4.77. The molecule has 2 nitrogen and oxygen atoms in total. The van der Waals surface area contributed by atoms with E-state index in [2.05, 4.69) is 15.9 Å². The van der Waals surface area contributed by atoms with Crippen LogP contribution in [0.2, 0.25) is 0 Å². The zero-order valence-electron chi connectivity index (χ0n) is 8.35. The van der Waals surface area contributed by atoms with Crippen molar-refractivity contribution in [1.29, 1.82) is 0 Å². The summed E-state index contributed by atoms with van der Waals surface area (Å²) in [5, 5.41) is 9.10. The van der Waals surface area contributed by atoms with Gasteiger partial charge in [0, 0.05) is 4.47 Å². The Hall–Kier alpha value is -1.61. The summed E-state index contributed by atoms with van der Waals surface area (Å²) in [4.78, 5) is 11.1. The average Bonchev–Trinajstić information content (AvgIpc) is 2.29. The molecule has 0 unspecified atom stereocenters. The monoisotopic (exact) mass is 276 g/mol. The Morgan fingerprint density at radius 1 is 1.06 bits per heavy atom. The van der Waals surface area contributed by atoms with Crippen LogP contribution in [0.25, 0.3) is 11.1 Å². The van der Waals surface area contributed by atoms with Crippen LogP contribution < -0.4 is 0 Å². The first-order chi connectivity index (χ1) is 7.68. The number of benzene rings is 2. The van der Waals surface area contributed by atoms with Crippen molar-refractivity contribution in [3.05, 3.63) is 58.6 Å². The van der Waals surface area contributed by atoms with Gasteiger partial charge in [-0.25, -0.2) is 4.79 Å². The van der Waals surface area contributed by atoms with Crippen molar-refractivity contribution in [3.8, 4) is 11.1 Å². The van der Waals surface area contributed by atoms with Crippen LogP contribution in [0.5, 0.6) is 0 Å². The van der Waals surface area contributed by atoms with Crippen LogP contribution in [0.4, 0.5) is 0 Å². The minimum Gasteiger partial charge on any atom is -0.478 e. The van der Waals surface area contributed by atoms with Gasteiger partial charge in [0.15, 0.2) is 0 Å². The van der Waals surface area contributed by atoms with Gasteiger partial charge in [-0.15, -0.1) is 0 Å². The van der Waals surface area contributed by atoms with E-state index in [1.54, 1.807) is 12.1 Å². The molecule has 0 aromatic heterocycles. The molecule has 0 radical (unpaired) electrons. The summed E-state index contributed by atoms with van der Waals surface area (Å²) < 4.78 is 0.872. The summed E-state index contributed by atoms with van der Waals surface area (Å²) >= 11 is 3.35. The van der Waals surface area contributed by atoms with Crippen molar-refractivity contribution in [2.75, 3.05) is 0 Å². The third kappa shape index (κ3) is 2.14. The maximum Gasteiger partial charge on any atom is 0.336 e. The molecule has 0 fully saturated rings. The molecule has 0 aliphatic rings. The van der Waals surface area contributed by atoms with Gasteiger partial charge < -0.3 is 5.11 Å². The first-order valence-corrected chi connectivity index (χ1v) is 5.56. The minimum absolute atomic E-state index is 0.314. The third-order valence-corrected chi connectivity index (χ3v) is 2.79. The number of rotatable bonds is 2. The Morgan fingerprint density at radius 3 is 2.38 bits per heavy atom. The van der Waals surface area contributed by atoms with E-state index in [-0.39, 0.29) is 0 Å². The molecule has 2 aromatic rings. The van der Waals surface area contributed by atoms with Crippen LogP contribution >= 0.6 is 15.9 Å². The molecule has 0 spiro atoms. The maximum absolute atomic E-state index is 11.1. The summed E-state index contributed by atoms with van der Waals surface area (Å²) in [5.41, 5.74) is 1.94. The smallest absolute Gasteiger partial charge is 0.336 e. The van der Waals surface area contributed by atoms with Crippen LogP contribution in [0.15, 0.2) is 53.0 Å². The highest BCUT2D eigenvalue weighted by molar-refractivity contribution is 9.10. The number of hydrogen-bond acceptors (Lipinski definition) is 1. The molecule has 0 aliphatic carbocycles. The Labute approximate surface area is 102 Å². The largest absolute Gasteiger partial charge is 0.478 e. The van der Waals surface area contributed by atoms with Crippen molar-refractivity contribution in [2.45, 2.75) is 0 Å². The normalized spacial score (nSPS) is 10.1. The zero-order valence-corrected chi connectivity index (χ0v) is 9.94. The van der Waals surface area contributed by atoms with Gasteiger partial charge in [-0.2, -0.15) is 0 Å². The summed E-state index contributed by atoms with van der Waals surface area (Å²) in [7, 11) is 0. The van der Waals surface area contributed by atoms with E-state index >= 15 is 0 Å². The molecule has 80 valence electrons. The zero-order chi connectivity index (χ0) is 11.5. The fraction of sp³-hybridized carbons (Fsp3) is 0. The third-order valence-electron chi connectivity index (χ3n) is 2.30. The Morgan fingerprint density at radius 2 is 1.75 bits per heavy atom. The minimum atomic E-state index is -0.911. The molecule has 3 heteroatoms. The summed E-state index contributed by atoms with van der Waals surface area (Å²) in [6.07, 6.45) is 0. The van der Waals surface area contributed by atoms with Crippen molar-refractivity contribution in [2.24, 2.45) is 0 Å². The summed E-state index contributed by atoms with van der Waals surface area (Å²) in [6.45, 7) is 0. The molecule has 1 N–H and O–H groups in total. The lowest BCUT2D eigenvalue weighted by molar-refractivity contribution is 0.0697. The highest BCUT2D eigenvalue weighted by Gasteiger charge is 2.11. The fourth-order valence-corrected chi connectivity index (χ4v) is 1.92. The lowest BCUT2D eigenvalue weighted by atomic mass is 10.00. The Balaban J connectivity index is 2.63. The number of halogens is 1. The van der Waals surface area contributed by atoms with E-state index < -0.39 is 5.97 Å². The highest BCUT2D eigenvalue weighted by Crippen LogP contribution is 2.27. The Bertz CT molecular complexity index is 521. The van der Waals surface area contributed by atoms with Gasteiger partial charge in [0.1, 0.15) is 0 Å². The number of carboxylic acid groups (broad SMARTS) is 1. The second-order valence-electron chi connectivity index (χ2n) is 3.36. The molecular formula is C13H9BrO2. The van der Waals surface area contributed by atoms with Crippen molar-refractivity contribution < 1.29 is 9.90 Å². The lowest BCUT2D eigenvalue weighted by Gasteiger charge is -2.06. The molecule has 0 bridgehead atoms. The van der Waals surface area contributed by atoms with E-state index in [1.165, 1.54) is 0 Å². The van der Waals surface area contributed by atoms with Crippen LogP contribution in [0.1, 0.15) is 10.4 Å². The van der Waals surface area contributed by atoms with E-state index in [0.717, 1.165) is 15.6 Å². The standard InChI is InChI=1S/C13H9BrO2/c14-10-6-7-11(13(15)16)12(8-10)9-4-2-1-3-5-9/h1-8H,(H,15,16). The van der Waals surface area contributed by atoms with Crippen molar-refractivity contribution in [1.82, 2.24) is 0 Å². The molecule has 0 saturated carbocycles. The SMILES string of the molecule is O=C(O)c1ccc(Br)cc1-c1ccccc1. The fourth-order valence-electron chi connectivity index (χ4n) is 1.56. The molecular weight excluding hydrogens is 268 g/mol. The van der Waals surface area contributed by atoms with E-state index in [9.17, 15) is 4.79 Å². The van der Waals surface area contributed by atoms with Crippen LogP contribution in [-0.2, 0) is 0 Å². The molecule has 16 heavy (non-hydrogen) atoms. The van der Waals surface area contributed by atoms with Crippen LogP contribution in [0, 0.1) is 0 Å². The number of carboxylic acids is 1. The van der Waals surface area contributed by atoms with Gasteiger partial charge >= 0.3 is 5.97 Å². The van der Waals surface area contributed by atoms with Gasteiger partial charge in [-0.1, -0.05) is 46.3 Å². The molecule has 2 aromatic carbocycles. The second kappa shape index (κ2) is 4.49. The van der Waals surface area contributed by atoms with Crippen LogP contribution in [-0.4, -0.2) is 11.1 Å². The van der Waals surface area contributed by atoms with Crippen LogP contribution in [0.3, 0.4) is 0 Å². The van der Waals surface area contributed by atoms with Gasteiger partial charge in [-0.3, -0.25) is 0 Å². The van der Waals surface area contributed by atoms with Crippen molar-refractivity contribution >= 4 is 21.9 Å². The highest BCUT2D eigenvalue weighted by atomic mass is 79.9. The van der Waals surface area contributed by atoms with Gasteiger partial charge in [-0.05, 0) is 29.3 Å². The topological polar surface area (TPSA) is 37.3 Å². The predicted molar refractivity (Wildman–Crippen MR) is 66.5 cm³/mol. The predicted octanol–water partition coefficient (Wildman–Crippen LogP) is 3.81. The molecule has 2 rings (SSSR count). The lowest BCUT2D eigenvalue weighted by Crippen LogP contribution is -1.99. The molecule has 0 saturated heterocycles. The van der Waals surface area contributed by atoms with Gasteiger partial charge in [0.25, 0.3) is 0 Å². The molecule has 0 atom stereocenters. The van der Waals surface area contributed by atoms with Gasteiger partial charge in [0.05, 0.1) is 5.56 Å². The summed E-state index contributed by atoms with van der Waals surface area (Å²) in [5.74, 6) is -0.911. The van der Waals surface area contributed by atoms with E-state index in [1.807, 2.05) is 36.4 Å². The Kier molecular flexibility index (Phi) is 3.06. The first kappa shape index (κ1) is 10.9. The maximum atomic E-state index is 11.1. The number of aromatic carboxylic acids is 1. The van der Waals surface area contributed by atoms with E-state index in [0.29, 0.717) is 5.56 Å². The van der Waals surface area contributed by atoms with Gasteiger partial charge in [0.2, 0.25) is 0 Å². The van der Waals surface area contributed by atoms with E-state index in [4.69, 9.17) is 5.11 Å². The number of carbonyl (C=O) groups is 1. The molecule has 0 heterocycles. The second-order valence-corrected chi connectivity index (χ2v) is 4.28. The quantitative estimate of drug-likeness (QED) is 0.906. The molecule has 0 aliphatic heterocycles. The average molecular weight is 277 g/mol. The summed E-state index contributed by atoms with van der Waals surface area (Å²) in [6, 6.07) is 14.6. The molecule has 0 amide bonds. The number of hydrogen-bond donors (Lipinski definition) is 1.